The molecule has 27 heavy (non-hydrogen) atoms. The van der Waals surface area contributed by atoms with E-state index in [1.807, 2.05) is 19.1 Å². The van der Waals surface area contributed by atoms with Gasteiger partial charge in [-0.25, -0.2) is 0 Å². The van der Waals surface area contributed by atoms with Gasteiger partial charge in [-0.2, -0.15) is 8.78 Å². The summed E-state index contributed by atoms with van der Waals surface area (Å²) in [5.41, 5.74) is 0.710. The molecule has 154 valence electrons. The van der Waals surface area contributed by atoms with Crippen molar-refractivity contribution in [2.75, 3.05) is 0 Å². The van der Waals surface area contributed by atoms with Gasteiger partial charge >= 0.3 is 5.97 Å². The summed E-state index contributed by atoms with van der Waals surface area (Å²) in [5, 5.41) is 28.5. The van der Waals surface area contributed by atoms with Gasteiger partial charge in [0.05, 0.1) is 6.10 Å². The lowest BCUT2D eigenvalue weighted by Gasteiger charge is -2.22. The highest BCUT2D eigenvalue weighted by molar-refractivity contribution is 5.66. The van der Waals surface area contributed by atoms with Gasteiger partial charge in [0.1, 0.15) is 6.10 Å². The molecule has 0 bridgehead atoms. The number of aliphatic carboxylic acids is 1. The topological polar surface area (TPSA) is 77.8 Å². The van der Waals surface area contributed by atoms with E-state index in [0.717, 1.165) is 12.5 Å². The minimum atomic E-state index is -3.31. The third-order valence-electron chi connectivity index (χ3n) is 5.04. The van der Waals surface area contributed by atoms with Crippen LogP contribution < -0.4 is 0 Å². The maximum atomic E-state index is 14.1. The van der Waals surface area contributed by atoms with Crippen LogP contribution >= 0.6 is 0 Å². The first-order chi connectivity index (χ1) is 12.7. The van der Waals surface area contributed by atoms with Crippen molar-refractivity contribution in [1.29, 1.82) is 0 Å². The molecule has 1 saturated carbocycles. The van der Waals surface area contributed by atoms with Crippen molar-refractivity contribution in [3.05, 3.63) is 36.5 Å². The van der Waals surface area contributed by atoms with E-state index in [1.54, 1.807) is 0 Å². The maximum Gasteiger partial charge on any atom is 0.303 e. The number of aliphatic hydroxyl groups excluding tert-OH is 2. The second-order valence-electron chi connectivity index (χ2n) is 7.30. The number of carboxylic acid groups (broad SMARTS) is 1. The predicted molar refractivity (Wildman–Crippen MR) is 102 cm³/mol. The van der Waals surface area contributed by atoms with Crippen LogP contribution in [-0.2, 0) is 4.79 Å². The number of carbonyl (C=O) groups is 1. The Bertz CT molecular complexity index is 542. The largest absolute Gasteiger partial charge is 0.481 e. The Kier molecular flexibility index (Phi) is 9.88. The smallest absolute Gasteiger partial charge is 0.303 e. The molecule has 0 aliphatic heterocycles. The first kappa shape index (κ1) is 23.5. The van der Waals surface area contributed by atoms with Gasteiger partial charge in [0.2, 0.25) is 0 Å². The first-order valence-corrected chi connectivity index (χ1v) is 9.66. The number of unbranched alkanes of at least 4 members (excludes halogenated alkanes) is 2. The molecule has 0 aromatic heterocycles. The number of halogens is 2. The summed E-state index contributed by atoms with van der Waals surface area (Å²) in [4.78, 5) is 10.5. The van der Waals surface area contributed by atoms with E-state index in [4.69, 9.17) is 5.11 Å². The fourth-order valence-electron chi connectivity index (χ4n) is 3.36. The van der Waals surface area contributed by atoms with Crippen LogP contribution in [0.5, 0.6) is 0 Å². The molecule has 0 amide bonds. The Labute approximate surface area is 160 Å². The molecule has 0 spiro atoms. The van der Waals surface area contributed by atoms with Gasteiger partial charge in [0.15, 0.2) is 0 Å². The Balaban J connectivity index is 2.66. The summed E-state index contributed by atoms with van der Waals surface area (Å²) in [6.45, 7) is 5.78. The summed E-state index contributed by atoms with van der Waals surface area (Å²) < 4.78 is 28.2. The number of hydrogen-bond donors (Lipinski definition) is 3. The van der Waals surface area contributed by atoms with Gasteiger partial charge in [0.25, 0.3) is 5.92 Å². The molecule has 0 aromatic rings. The average Bonchev–Trinajstić information content (AvgIpc) is 2.86. The van der Waals surface area contributed by atoms with Crippen LogP contribution in [-0.4, -0.2) is 39.4 Å². The van der Waals surface area contributed by atoms with Crippen LogP contribution in [0.1, 0.15) is 58.3 Å². The second kappa shape index (κ2) is 11.3. The summed E-state index contributed by atoms with van der Waals surface area (Å²) in [6, 6.07) is 0. The molecule has 0 heterocycles. The molecule has 1 unspecified atom stereocenters. The van der Waals surface area contributed by atoms with Crippen LogP contribution in [0.25, 0.3) is 0 Å². The van der Waals surface area contributed by atoms with E-state index in [0.29, 0.717) is 37.7 Å². The number of aliphatic hydroxyl groups is 2. The normalized spacial score (nSPS) is 24.9. The second-order valence-corrected chi connectivity index (χ2v) is 7.30. The highest BCUT2D eigenvalue weighted by Gasteiger charge is 2.38. The lowest BCUT2D eigenvalue weighted by atomic mass is 9.88. The fourth-order valence-corrected chi connectivity index (χ4v) is 3.36. The number of carboxylic acids is 1. The van der Waals surface area contributed by atoms with Crippen molar-refractivity contribution >= 4 is 5.97 Å². The fraction of sp³-hybridized carbons (Fsp3) is 0.667. The Morgan fingerprint density at radius 1 is 1.37 bits per heavy atom. The number of allylic oxidation sites excluding steroid dienone is 3. The molecule has 3 N–H and O–H groups in total. The van der Waals surface area contributed by atoms with E-state index in [2.05, 4.69) is 6.58 Å². The number of hydrogen-bond acceptors (Lipinski definition) is 3. The van der Waals surface area contributed by atoms with E-state index in [9.17, 15) is 23.8 Å². The highest BCUT2D eigenvalue weighted by Crippen LogP contribution is 2.40. The van der Waals surface area contributed by atoms with Gasteiger partial charge < -0.3 is 15.3 Å². The van der Waals surface area contributed by atoms with E-state index < -0.39 is 24.1 Å². The van der Waals surface area contributed by atoms with Crippen LogP contribution in [0.2, 0.25) is 0 Å². The van der Waals surface area contributed by atoms with Crippen LogP contribution in [0, 0.1) is 11.8 Å². The zero-order valence-electron chi connectivity index (χ0n) is 16.0. The number of rotatable bonds is 12. The quantitative estimate of drug-likeness (QED) is 0.341. The average molecular weight is 386 g/mol. The third kappa shape index (κ3) is 7.93. The summed E-state index contributed by atoms with van der Waals surface area (Å²) in [7, 11) is 0. The zero-order valence-corrected chi connectivity index (χ0v) is 16.0. The molecule has 1 rings (SSSR count). The van der Waals surface area contributed by atoms with Crippen LogP contribution in [0.15, 0.2) is 36.5 Å². The molecular weight excluding hydrogens is 354 g/mol. The SMILES string of the molecule is C=C1C[C@H](O)[C@H](C/C=C\CCCC(=O)O)[C@H]1/C=C/C(F)(F)C(O)CCCC. The van der Waals surface area contributed by atoms with E-state index in [-0.39, 0.29) is 24.7 Å². The van der Waals surface area contributed by atoms with E-state index >= 15 is 0 Å². The molecule has 4 atom stereocenters. The van der Waals surface area contributed by atoms with Gasteiger partial charge in [-0.05, 0) is 44.1 Å². The van der Waals surface area contributed by atoms with E-state index in [1.165, 1.54) is 6.08 Å². The lowest BCUT2D eigenvalue weighted by molar-refractivity contribution is -0.137. The molecular formula is C21H32F2O4. The summed E-state index contributed by atoms with van der Waals surface area (Å²) in [6.07, 6.45) is 6.97. The molecule has 1 aliphatic carbocycles. The Hall–Kier alpha value is -1.53. The molecule has 0 saturated heterocycles. The minimum absolute atomic E-state index is 0.0462. The minimum Gasteiger partial charge on any atom is -0.481 e. The predicted octanol–water partition coefficient (Wildman–Crippen LogP) is 4.48. The van der Waals surface area contributed by atoms with Gasteiger partial charge in [-0.3, -0.25) is 4.79 Å². The maximum absolute atomic E-state index is 14.1. The molecule has 4 nitrogen and oxygen atoms in total. The first-order valence-electron chi connectivity index (χ1n) is 9.66. The zero-order chi connectivity index (χ0) is 20.4. The van der Waals surface area contributed by atoms with Crippen LogP contribution in [0.4, 0.5) is 8.78 Å². The summed E-state index contributed by atoms with van der Waals surface area (Å²) in [5.74, 6) is -4.75. The van der Waals surface area contributed by atoms with Crippen molar-refractivity contribution in [3.63, 3.8) is 0 Å². The van der Waals surface area contributed by atoms with Crippen LogP contribution in [0.3, 0.4) is 0 Å². The molecule has 1 aliphatic rings. The molecule has 0 aromatic carbocycles. The van der Waals surface area contributed by atoms with Gasteiger partial charge in [-0.1, -0.05) is 50.1 Å². The van der Waals surface area contributed by atoms with Crippen molar-refractivity contribution in [2.45, 2.75) is 76.4 Å². The monoisotopic (exact) mass is 386 g/mol. The molecule has 1 fully saturated rings. The standard InChI is InChI=1S/C21H32F2O4/c1-3-4-10-19(25)21(22,23)13-12-16-15(2)14-18(24)17(16)9-7-5-6-8-11-20(26)27/h5,7,12-13,16-19,24-25H,2-4,6,8-11,14H2,1H3,(H,26,27)/b7-5-,13-12+/t16-,17+,18-,19?/m0/s1. The Morgan fingerprint density at radius 2 is 2.07 bits per heavy atom. The number of alkyl halides is 2. The molecule has 0 radical (unpaired) electrons. The van der Waals surface area contributed by atoms with Crippen molar-refractivity contribution < 1.29 is 28.9 Å². The van der Waals surface area contributed by atoms with Gasteiger partial charge in [-0.15, -0.1) is 0 Å². The lowest BCUT2D eigenvalue weighted by Crippen LogP contribution is -2.31. The highest BCUT2D eigenvalue weighted by atomic mass is 19.3. The van der Waals surface area contributed by atoms with Gasteiger partial charge in [0, 0.05) is 12.3 Å². The van der Waals surface area contributed by atoms with Crippen molar-refractivity contribution in [1.82, 2.24) is 0 Å². The summed E-state index contributed by atoms with van der Waals surface area (Å²) >= 11 is 0. The molecule has 6 heteroatoms. The third-order valence-corrected chi connectivity index (χ3v) is 5.04. The van der Waals surface area contributed by atoms with Crippen molar-refractivity contribution in [3.8, 4) is 0 Å². The van der Waals surface area contributed by atoms with Crippen molar-refractivity contribution in [2.24, 2.45) is 11.8 Å². The Morgan fingerprint density at radius 3 is 2.70 bits per heavy atom.